The van der Waals surface area contributed by atoms with Gasteiger partial charge in [0.1, 0.15) is 23.9 Å². The lowest BCUT2D eigenvalue weighted by Gasteiger charge is -2.21. The highest BCUT2D eigenvalue weighted by Crippen LogP contribution is 2.20. The molecule has 0 aliphatic carbocycles. The first-order valence-electron chi connectivity index (χ1n) is 17.5. The van der Waals surface area contributed by atoms with Crippen LogP contribution in [0.5, 0.6) is 5.75 Å². The minimum absolute atomic E-state index is 0.0738. The summed E-state index contributed by atoms with van der Waals surface area (Å²) in [6, 6.07) is 10.6. The molecule has 4 amide bonds. The number of hydrogen-bond donors (Lipinski definition) is 4. The lowest BCUT2D eigenvalue weighted by Crippen LogP contribution is -2.45. The summed E-state index contributed by atoms with van der Waals surface area (Å²) >= 11 is 0. The van der Waals surface area contributed by atoms with Crippen LogP contribution in [0.3, 0.4) is 0 Å². The smallest absolute Gasteiger partial charge is 0.280 e. The number of aromatic nitrogens is 3. The predicted octanol–water partition coefficient (Wildman–Crippen LogP) is 0.338. The second-order valence-electron chi connectivity index (χ2n) is 11.7. The van der Waals surface area contributed by atoms with Crippen molar-refractivity contribution in [2.75, 3.05) is 91.1 Å². The minimum atomic E-state index is -0.941. The lowest BCUT2D eigenvalue weighted by molar-refractivity contribution is -0.136. The Morgan fingerprint density at radius 3 is 2.06 bits per heavy atom. The van der Waals surface area contributed by atoms with E-state index in [0.717, 1.165) is 17.5 Å². The van der Waals surface area contributed by atoms with E-state index in [-0.39, 0.29) is 30.7 Å². The highest BCUT2D eigenvalue weighted by molar-refractivity contribution is 5.99. The van der Waals surface area contributed by atoms with Crippen LogP contribution in [0.2, 0.25) is 0 Å². The Balaban J connectivity index is 0.926. The number of imide groups is 1. The third-order valence-electron chi connectivity index (χ3n) is 7.82. The zero-order valence-corrected chi connectivity index (χ0v) is 29.5. The first-order valence-corrected chi connectivity index (χ1v) is 17.5. The lowest BCUT2D eigenvalue weighted by atomic mass is 10.1. The first kappa shape index (κ1) is 40.8. The number of hydrogen-bond acceptors (Lipinski definition) is 14. The predicted molar refractivity (Wildman–Crippen MR) is 191 cm³/mol. The molecular weight excluding hydrogens is 694 g/mol. The minimum Gasteiger partial charge on any atom is -0.491 e. The Hall–Kier alpha value is -5.01. The summed E-state index contributed by atoms with van der Waals surface area (Å²) in [4.78, 5) is 60.5. The van der Waals surface area contributed by atoms with E-state index in [1.54, 1.807) is 42.5 Å². The van der Waals surface area contributed by atoms with E-state index in [4.69, 9.17) is 34.2 Å². The number of nitrogens with two attached hydrogens (primary N) is 1. The number of rotatable bonds is 26. The van der Waals surface area contributed by atoms with E-state index < -0.39 is 29.3 Å². The van der Waals surface area contributed by atoms with Crippen molar-refractivity contribution in [3.8, 4) is 5.75 Å². The number of benzene rings is 2. The Morgan fingerprint density at radius 2 is 1.43 bits per heavy atom. The summed E-state index contributed by atoms with van der Waals surface area (Å²) in [6.45, 7) is 5.26. The van der Waals surface area contributed by atoms with Gasteiger partial charge in [-0.2, -0.15) is 4.68 Å². The van der Waals surface area contributed by atoms with Gasteiger partial charge in [0.05, 0.1) is 71.4 Å². The summed E-state index contributed by atoms with van der Waals surface area (Å²) in [5, 5.41) is 16.2. The summed E-state index contributed by atoms with van der Waals surface area (Å²) < 4.78 is 34.0. The van der Waals surface area contributed by atoms with Gasteiger partial charge >= 0.3 is 0 Å². The van der Waals surface area contributed by atoms with Gasteiger partial charge in [0, 0.05) is 30.8 Å². The number of amides is 4. The van der Waals surface area contributed by atoms with E-state index in [0.29, 0.717) is 102 Å². The number of carbonyl (C=O) groups is 4. The van der Waals surface area contributed by atoms with Gasteiger partial charge in [0.15, 0.2) is 0 Å². The molecule has 2 heterocycles. The number of anilines is 1. The fourth-order valence-corrected chi connectivity index (χ4v) is 5.08. The van der Waals surface area contributed by atoms with Crippen molar-refractivity contribution < 1.29 is 47.6 Å². The Labute approximate surface area is 305 Å². The number of ether oxygens (including phenoxy) is 6. The topological polar surface area (TPSA) is 234 Å². The molecule has 1 aliphatic rings. The Morgan fingerprint density at radius 1 is 0.811 bits per heavy atom. The van der Waals surface area contributed by atoms with E-state index in [1.807, 2.05) is 0 Å². The summed E-state index contributed by atoms with van der Waals surface area (Å²) in [5.41, 5.74) is 5.80. The maximum atomic E-state index is 13.2. The zero-order chi connectivity index (χ0) is 37.7. The van der Waals surface area contributed by atoms with Gasteiger partial charge < -0.3 is 44.8 Å². The second kappa shape index (κ2) is 22.8. The van der Waals surface area contributed by atoms with E-state index in [1.165, 1.54) is 0 Å². The first-order chi connectivity index (χ1) is 25.8. The largest absolute Gasteiger partial charge is 0.491 e. The normalized spacial score (nSPS) is 14.2. The van der Waals surface area contributed by atoms with Gasteiger partial charge in [-0.1, -0.05) is 11.3 Å². The second-order valence-corrected chi connectivity index (χ2v) is 11.7. The number of carbonyl (C=O) groups excluding carboxylic acids is 4. The molecule has 1 atom stereocenters. The van der Waals surface area contributed by atoms with Crippen molar-refractivity contribution in [2.45, 2.75) is 31.7 Å². The van der Waals surface area contributed by atoms with Crippen molar-refractivity contribution in [2.24, 2.45) is 5.73 Å². The fourth-order valence-electron chi connectivity index (χ4n) is 5.08. The van der Waals surface area contributed by atoms with Gasteiger partial charge in [0.2, 0.25) is 17.7 Å². The average Bonchev–Trinajstić information content (AvgIpc) is 3.15. The SMILES string of the molecule is NC(=O)c1ccc(OCCOCCOCCOCCOCCOCCCCNC(=O)CNc2cccc3nnn(C4CCC(=O)NC4=O)c(=O)c23)cc1. The van der Waals surface area contributed by atoms with Crippen molar-refractivity contribution in [3.63, 3.8) is 0 Å². The number of fused-ring (bicyclic) bond motifs is 1. The number of unbranched alkanes of at least 4 members (excludes halogenated alkanes) is 1. The summed E-state index contributed by atoms with van der Waals surface area (Å²) in [5.74, 6) is -1.10. The van der Waals surface area contributed by atoms with Crippen LogP contribution in [0.4, 0.5) is 5.69 Å². The van der Waals surface area contributed by atoms with Crippen LogP contribution in [0, 0.1) is 0 Å². The molecule has 0 spiro atoms. The third-order valence-corrected chi connectivity index (χ3v) is 7.82. The third kappa shape index (κ3) is 14.1. The molecule has 18 nitrogen and oxygen atoms in total. The van der Waals surface area contributed by atoms with Crippen LogP contribution < -0.4 is 32.0 Å². The maximum absolute atomic E-state index is 13.2. The molecule has 0 saturated carbocycles. The quantitative estimate of drug-likeness (QED) is 0.0642. The molecule has 5 N–H and O–H groups in total. The molecule has 1 fully saturated rings. The Kier molecular flexibility index (Phi) is 17.6. The van der Waals surface area contributed by atoms with E-state index in [2.05, 4.69) is 26.3 Å². The maximum Gasteiger partial charge on any atom is 0.280 e. The zero-order valence-electron chi connectivity index (χ0n) is 29.5. The molecule has 1 aliphatic heterocycles. The molecule has 18 heteroatoms. The average molecular weight is 742 g/mol. The molecule has 2 aromatic carbocycles. The molecular formula is C35H47N7O11. The van der Waals surface area contributed by atoms with Crippen LogP contribution in [-0.4, -0.2) is 124 Å². The van der Waals surface area contributed by atoms with Crippen LogP contribution in [0.15, 0.2) is 47.3 Å². The number of primary amides is 1. The van der Waals surface area contributed by atoms with Crippen molar-refractivity contribution >= 4 is 40.2 Å². The summed E-state index contributed by atoms with van der Waals surface area (Å²) in [6.07, 6.45) is 1.72. The van der Waals surface area contributed by atoms with Crippen LogP contribution >= 0.6 is 0 Å². The molecule has 1 saturated heterocycles. The molecule has 1 aromatic heterocycles. The molecule has 288 valence electrons. The van der Waals surface area contributed by atoms with Gasteiger partial charge in [-0.3, -0.25) is 29.3 Å². The van der Waals surface area contributed by atoms with Crippen LogP contribution in [-0.2, 0) is 38.1 Å². The summed E-state index contributed by atoms with van der Waals surface area (Å²) in [7, 11) is 0. The van der Waals surface area contributed by atoms with E-state index >= 15 is 0 Å². The van der Waals surface area contributed by atoms with Crippen molar-refractivity contribution in [1.29, 1.82) is 0 Å². The van der Waals surface area contributed by atoms with Gasteiger partial charge in [-0.25, -0.2) is 0 Å². The van der Waals surface area contributed by atoms with Gasteiger partial charge in [-0.15, -0.1) is 5.10 Å². The van der Waals surface area contributed by atoms with Crippen molar-refractivity contribution in [3.05, 3.63) is 58.4 Å². The van der Waals surface area contributed by atoms with E-state index in [9.17, 15) is 24.0 Å². The fraction of sp³-hybridized carbons (Fsp3) is 0.514. The van der Waals surface area contributed by atoms with Gasteiger partial charge in [-0.05, 0) is 55.7 Å². The number of nitrogens with zero attached hydrogens (tertiary/aromatic N) is 3. The van der Waals surface area contributed by atoms with Crippen LogP contribution in [0.25, 0.3) is 10.9 Å². The molecule has 1 unspecified atom stereocenters. The highest BCUT2D eigenvalue weighted by atomic mass is 16.6. The molecule has 53 heavy (non-hydrogen) atoms. The Bertz CT molecular complexity index is 1690. The molecule has 4 rings (SSSR count). The molecule has 3 aromatic rings. The highest BCUT2D eigenvalue weighted by Gasteiger charge is 2.30. The van der Waals surface area contributed by atoms with Gasteiger partial charge in [0.25, 0.3) is 11.5 Å². The molecule has 0 bridgehead atoms. The van der Waals surface area contributed by atoms with Crippen LogP contribution in [0.1, 0.15) is 42.1 Å². The van der Waals surface area contributed by atoms with Crippen molar-refractivity contribution in [1.82, 2.24) is 25.6 Å². The number of nitrogens with one attached hydrogen (secondary N) is 3. The monoisotopic (exact) mass is 741 g/mol. The molecule has 0 radical (unpaired) electrons. The standard InChI is InChI=1S/C35H47N7O11/c36-33(45)25-6-8-26(9-7-25)53-23-22-52-21-20-51-19-18-50-17-16-49-15-14-48-13-2-1-12-37-31(44)24-38-27-4-3-5-28-32(27)35(47)42(41-40-28)29-10-11-30(43)39-34(29)46/h3-9,29,38H,1-2,10-24H2,(H2,36,45)(H,37,44)(H,39,43,46). The number of piperidine rings is 1.